The van der Waals surface area contributed by atoms with Crippen molar-refractivity contribution in [1.82, 2.24) is 9.88 Å². The topological polar surface area (TPSA) is 53.4 Å². The summed E-state index contributed by atoms with van der Waals surface area (Å²) >= 11 is 12.6. The van der Waals surface area contributed by atoms with Crippen molar-refractivity contribution in [2.75, 3.05) is 0 Å². The van der Waals surface area contributed by atoms with Crippen molar-refractivity contribution in [3.63, 3.8) is 0 Å². The predicted molar refractivity (Wildman–Crippen MR) is 128 cm³/mol. The van der Waals surface area contributed by atoms with Crippen LogP contribution in [0.25, 0.3) is 0 Å². The Labute approximate surface area is 198 Å². The lowest BCUT2D eigenvalue weighted by Gasteiger charge is -2.38. The second-order valence-corrected chi connectivity index (χ2v) is 9.19. The average Bonchev–Trinajstić information content (AvgIpc) is 3.62. The van der Waals surface area contributed by atoms with Gasteiger partial charge in [-0.1, -0.05) is 53.5 Å². The third kappa shape index (κ3) is 5.89. The van der Waals surface area contributed by atoms with Gasteiger partial charge in [-0.3, -0.25) is 14.7 Å². The van der Waals surface area contributed by atoms with Crippen LogP contribution in [-0.4, -0.2) is 27.0 Å². The molecule has 2 unspecified atom stereocenters. The van der Waals surface area contributed by atoms with Gasteiger partial charge in [0.05, 0.1) is 5.69 Å². The van der Waals surface area contributed by atoms with Crippen LogP contribution in [0.3, 0.4) is 0 Å². The normalized spacial score (nSPS) is 15.5. The summed E-state index contributed by atoms with van der Waals surface area (Å²) in [6.07, 6.45) is 4.66. The molecule has 0 saturated heterocycles. The molecule has 1 aliphatic carbocycles. The maximum absolute atomic E-state index is 11.5. The first-order valence-corrected chi connectivity index (χ1v) is 11.7. The van der Waals surface area contributed by atoms with E-state index in [4.69, 9.17) is 23.2 Å². The number of benzene rings is 2. The smallest absolute Gasteiger partial charge is 0.303 e. The molecule has 1 saturated carbocycles. The van der Waals surface area contributed by atoms with E-state index in [1.54, 1.807) is 0 Å². The summed E-state index contributed by atoms with van der Waals surface area (Å²) < 4.78 is 0. The summed E-state index contributed by atoms with van der Waals surface area (Å²) in [6, 6.07) is 22.1. The number of carboxylic acids is 1. The third-order valence-corrected chi connectivity index (χ3v) is 6.47. The molecule has 1 heterocycles. The highest BCUT2D eigenvalue weighted by molar-refractivity contribution is 6.30. The van der Waals surface area contributed by atoms with Crippen LogP contribution in [0.15, 0.2) is 72.9 Å². The van der Waals surface area contributed by atoms with Crippen molar-refractivity contribution in [3.05, 3.63) is 99.8 Å². The molecule has 0 bridgehead atoms. The Bertz CT molecular complexity index is 1040. The molecule has 6 heteroatoms. The van der Waals surface area contributed by atoms with Gasteiger partial charge in [0.15, 0.2) is 0 Å². The van der Waals surface area contributed by atoms with Gasteiger partial charge < -0.3 is 5.11 Å². The summed E-state index contributed by atoms with van der Waals surface area (Å²) in [5.74, 6) is -0.843. The quantitative estimate of drug-likeness (QED) is 0.357. The first-order valence-electron chi connectivity index (χ1n) is 10.9. The largest absolute Gasteiger partial charge is 0.481 e. The first-order chi connectivity index (χ1) is 15.5. The molecule has 1 aromatic heterocycles. The van der Waals surface area contributed by atoms with Crippen LogP contribution in [0, 0.1) is 0 Å². The molecule has 0 radical (unpaired) electrons. The van der Waals surface area contributed by atoms with E-state index < -0.39 is 5.97 Å². The minimum atomic E-state index is -0.797. The molecule has 1 N–H and O–H groups in total. The number of carbonyl (C=O) groups is 1. The van der Waals surface area contributed by atoms with Gasteiger partial charge in [-0.25, -0.2) is 0 Å². The van der Waals surface area contributed by atoms with Crippen molar-refractivity contribution >= 4 is 29.2 Å². The Morgan fingerprint density at radius 1 is 1.00 bits per heavy atom. The molecule has 0 aliphatic heterocycles. The number of rotatable bonds is 10. The van der Waals surface area contributed by atoms with Crippen LogP contribution in [0.4, 0.5) is 0 Å². The maximum Gasteiger partial charge on any atom is 0.303 e. The number of nitrogens with zero attached hydrogens (tertiary/aromatic N) is 2. The SMILES string of the molecule is O=C(O)CCC(c1cccc(Cl)c1)C(c1ccc(Cl)cc1)N(Cc1ccccn1)C1CC1. The first kappa shape index (κ1) is 22.8. The molecule has 0 spiro atoms. The summed E-state index contributed by atoms with van der Waals surface area (Å²) in [5.41, 5.74) is 3.17. The highest BCUT2D eigenvalue weighted by atomic mass is 35.5. The van der Waals surface area contributed by atoms with Crippen LogP contribution in [0.1, 0.15) is 54.5 Å². The van der Waals surface area contributed by atoms with Crippen molar-refractivity contribution in [2.45, 2.75) is 50.2 Å². The van der Waals surface area contributed by atoms with Gasteiger partial charge >= 0.3 is 5.97 Å². The van der Waals surface area contributed by atoms with E-state index in [1.165, 1.54) is 0 Å². The van der Waals surface area contributed by atoms with Crippen molar-refractivity contribution < 1.29 is 9.90 Å². The zero-order valence-electron chi connectivity index (χ0n) is 17.7. The Morgan fingerprint density at radius 3 is 2.41 bits per heavy atom. The number of halogens is 2. The van der Waals surface area contributed by atoms with Gasteiger partial charge in [0.25, 0.3) is 0 Å². The van der Waals surface area contributed by atoms with E-state index in [9.17, 15) is 9.90 Å². The Kier molecular flexibility index (Phi) is 7.46. The third-order valence-electron chi connectivity index (χ3n) is 5.98. The highest BCUT2D eigenvalue weighted by Crippen LogP contribution is 2.45. The van der Waals surface area contributed by atoms with Gasteiger partial charge in [-0.15, -0.1) is 0 Å². The van der Waals surface area contributed by atoms with Crippen molar-refractivity contribution in [2.24, 2.45) is 0 Å². The number of hydrogen-bond donors (Lipinski definition) is 1. The molecule has 3 aromatic rings. The van der Waals surface area contributed by atoms with E-state index in [0.29, 0.717) is 29.1 Å². The van der Waals surface area contributed by atoms with E-state index in [0.717, 1.165) is 29.7 Å². The molecule has 2 aromatic carbocycles. The standard InChI is InChI=1S/C26H26Cl2N2O2/c27-20-9-7-18(8-10-20)26(30(23-11-12-23)17-22-6-1-2-15-29-22)24(13-14-25(31)32)19-4-3-5-21(28)16-19/h1-10,15-16,23-24,26H,11-14,17H2,(H,31,32). The zero-order valence-corrected chi connectivity index (χ0v) is 19.2. The van der Waals surface area contributed by atoms with Gasteiger partial charge in [-0.2, -0.15) is 0 Å². The number of aliphatic carboxylic acids is 1. The predicted octanol–water partition coefficient (Wildman–Crippen LogP) is 6.74. The van der Waals surface area contributed by atoms with E-state index >= 15 is 0 Å². The molecule has 166 valence electrons. The second-order valence-electron chi connectivity index (χ2n) is 8.31. The molecular formula is C26H26Cl2N2O2. The lowest BCUT2D eigenvalue weighted by Crippen LogP contribution is -2.35. The minimum Gasteiger partial charge on any atom is -0.481 e. The monoisotopic (exact) mass is 468 g/mol. The van der Waals surface area contributed by atoms with Gasteiger partial charge in [0.1, 0.15) is 0 Å². The fourth-order valence-corrected chi connectivity index (χ4v) is 4.70. The van der Waals surface area contributed by atoms with Crippen LogP contribution in [0.2, 0.25) is 10.0 Å². The fraction of sp³-hybridized carbons (Fsp3) is 0.308. The molecule has 32 heavy (non-hydrogen) atoms. The molecule has 2 atom stereocenters. The summed E-state index contributed by atoms with van der Waals surface area (Å²) in [5, 5.41) is 10.8. The molecule has 1 aliphatic rings. The Balaban J connectivity index is 1.79. The molecule has 4 nitrogen and oxygen atoms in total. The van der Waals surface area contributed by atoms with Crippen LogP contribution >= 0.6 is 23.2 Å². The molecular weight excluding hydrogens is 443 g/mol. The number of aromatic nitrogens is 1. The molecule has 0 amide bonds. The van der Waals surface area contributed by atoms with E-state index in [-0.39, 0.29) is 18.4 Å². The number of carboxylic acid groups (broad SMARTS) is 1. The van der Waals surface area contributed by atoms with Crippen molar-refractivity contribution in [1.29, 1.82) is 0 Å². The van der Waals surface area contributed by atoms with Crippen molar-refractivity contribution in [3.8, 4) is 0 Å². The lowest BCUT2D eigenvalue weighted by molar-refractivity contribution is -0.137. The second kappa shape index (κ2) is 10.5. The number of pyridine rings is 1. The zero-order chi connectivity index (χ0) is 22.5. The fourth-order valence-electron chi connectivity index (χ4n) is 4.38. The Morgan fingerprint density at radius 2 is 1.78 bits per heavy atom. The summed E-state index contributed by atoms with van der Waals surface area (Å²) in [7, 11) is 0. The molecule has 1 fully saturated rings. The molecule has 4 rings (SSSR count). The van der Waals surface area contributed by atoms with Gasteiger partial charge in [0, 0.05) is 47.2 Å². The van der Waals surface area contributed by atoms with E-state index in [1.807, 2.05) is 60.8 Å². The van der Waals surface area contributed by atoms with Gasteiger partial charge in [0.2, 0.25) is 0 Å². The minimum absolute atomic E-state index is 0.0282. The maximum atomic E-state index is 11.5. The van der Waals surface area contributed by atoms with E-state index in [2.05, 4.69) is 22.0 Å². The average molecular weight is 469 g/mol. The summed E-state index contributed by atoms with van der Waals surface area (Å²) in [6.45, 7) is 0.697. The lowest BCUT2D eigenvalue weighted by atomic mass is 9.82. The Hall–Kier alpha value is -2.40. The van der Waals surface area contributed by atoms with Gasteiger partial charge in [-0.05, 0) is 66.8 Å². The van der Waals surface area contributed by atoms with Crippen LogP contribution < -0.4 is 0 Å². The summed E-state index contributed by atoms with van der Waals surface area (Å²) in [4.78, 5) is 18.6. The highest BCUT2D eigenvalue weighted by Gasteiger charge is 2.39. The number of hydrogen-bond acceptors (Lipinski definition) is 3. The van der Waals surface area contributed by atoms with Crippen LogP contribution in [-0.2, 0) is 11.3 Å². The van der Waals surface area contributed by atoms with Crippen LogP contribution in [0.5, 0.6) is 0 Å².